The van der Waals surface area contributed by atoms with Gasteiger partial charge in [0.2, 0.25) is 0 Å². The molecule has 230 valence electrons. The maximum Gasteiger partial charge on any atom is 0.306 e. The molecule has 41 heavy (non-hydrogen) atoms. The molecular formula is C38H60O3. The van der Waals surface area contributed by atoms with Gasteiger partial charge in [-0.15, -0.1) is 0 Å². The third-order valence-corrected chi connectivity index (χ3v) is 8.15. The van der Waals surface area contributed by atoms with Crippen LogP contribution in [0.5, 0.6) is 0 Å². The molecule has 3 nitrogen and oxygen atoms in total. The van der Waals surface area contributed by atoms with E-state index in [0.717, 1.165) is 43.1 Å². The molecule has 0 saturated heterocycles. The van der Waals surface area contributed by atoms with Crippen LogP contribution in [0.4, 0.5) is 0 Å². The van der Waals surface area contributed by atoms with Gasteiger partial charge in [0.15, 0.2) is 0 Å². The van der Waals surface area contributed by atoms with Crippen LogP contribution in [0.15, 0.2) is 70.9 Å². The highest BCUT2D eigenvalue weighted by atomic mass is 16.5. The van der Waals surface area contributed by atoms with Crippen molar-refractivity contribution < 1.29 is 14.3 Å². The van der Waals surface area contributed by atoms with Crippen molar-refractivity contribution in [3.8, 4) is 0 Å². The first kappa shape index (κ1) is 36.6. The first-order chi connectivity index (χ1) is 19.7. The lowest BCUT2D eigenvalue weighted by Gasteiger charge is -2.37. The van der Waals surface area contributed by atoms with Crippen molar-refractivity contribution in [2.75, 3.05) is 0 Å². The van der Waals surface area contributed by atoms with Crippen LogP contribution < -0.4 is 0 Å². The first-order valence-electron chi connectivity index (χ1n) is 16.4. The molecule has 0 spiro atoms. The lowest BCUT2D eigenvalue weighted by molar-refractivity contribution is -0.148. The predicted molar refractivity (Wildman–Crippen MR) is 177 cm³/mol. The zero-order chi connectivity index (χ0) is 30.3. The molecule has 1 aliphatic carbocycles. The van der Waals surface area contributed by atoms with Crippen LogP contribution in [0, 0.1) is 5.41 Å². The summed E-state index contributed by atoms with van der Waals surface area (Å²) < 4.78 is 5.97. The number of hydrogen-bond donors (Lipinski definition) is 0. The summed E-state index contributed by atoms with van der Waals surface area (Å²) in [6.45, 7) is 12.9. The fourth-order valence-corrected chi connectivity index (χ4v) is 5.40. The van der Waals surface area contributed by atoms with Crippen LogP contribution in [-0.4, -0.2) is 18.4 Å². The van der Waals surface area contributed by atoms with Gasteiger partial charge in [-0.2, -0.15) is 0 Å². The average molecular weight is 565 g/mol. The number of ether oxygens (including phenoxy) is 1. The Bertz CT molecular complexity index is 939. The minimum Gasteiger partial charge on any atom is -0.458 e. The molecule has 0 fully saturated rings. The SMILES string of the molecule is CCCCCCCCC=CCCCCCCCC(=O)OC1CCC(C)(C)C(C=CC(C)=CC=CC(C)=CC=O)=C1C. The Morgan fingerprint density at radius 2 is 1.44 bits per heavy atom. The highest BCUT2D eigenvalue weighted by Crippen LogP contribution is 2.42. The lowest BCUT2D eigenvalue weighted by atomic mass is 9.71. The molecule has 0 amide bonds. The van der Waals surface area contributed by atoms with Crippen molar-refractivity contribution in [1.82, 2.24) is 0 Å². The van der Waals surface area contributed by atoms with Gasteiger partial charge in [-0.1, -0.05) is 120 Å². The summed E-state index contributed by atoms with van der Waals surface area (Å²) in [5.41, 5.74) is 4.53. The molecular weight excluding hydrogens is 504 g/mol. The van der Waals surface area contributed by atoms with E-state index in [0.29, 0.717) is 6.42 Å². The summed E-state index contributed by atoms with van der Waals surface area (Å²) in [7, 11) is 0. The van der Waals surface area contributed by atoms with Gasteiger partial charge in [0.1, 0.15) is 12.4 Å². The number of unbranched alkanes of at least 4 members (excludes halogenated alkanes) is 11. The molecule has 0 radical (unpaired) electrons. The summed E-state index contributed by atoms with van der Waals surface area (Å²) in [5.74, 6) is -0.0602. The van der Waals surface area contributed by atoms with E-state index in [2.05, 4.69) is 58.9 Å². The van der Waals surface area contributed by atoms with E-state index in [1.165, 1.54) is 81.8 Å². The molecule has 0 aromatic carbocycles. The molecule has 1 aliphatic rings. The van der Waals surface area contributed by atoms with Crippen LogP contribution in [0.3, 0.4) is 0 Å². The Morgan fingerprint density at radius 3 is 2.07 bits per heavy atom. The second kappa shape index (κ2) is 22.2. The van der Waals surface area contributed by atoms with E-state index in [1.54, 1.807) is 6.08 Å². The summed E-state index contributed by atoms with van der Waals surface area (Å²) in [6, 6.07) is 0. The lowest BCUT2D eigenvalue weighted by Crippen LogP contribution is -2.30. The summed E-state index contributed by atoms with van der Waals surface area (Å²) >= 11 is 0. The van der Waals surface area contributed by atoms with Crippen LogP contribution in [0.25, 0.3) is 0 Å². The van der Waals surface area contributed by atoms with Gasteiger partial charge in [-0.25, -0.2) is 0 Å². The second-order valence-electron chi connectivity index (χ2n) is 12.5. The monoisotopic (exact) mass is 564 g/mol. The zero-order valence-electron chi connectivity index (χ0n) is 27.3. The van der Waals surface area contributed by atoms with Crippen LogP contribution >= 0.6 is 0 Å². The molecule has 3 heteroatoms. The topological polar surface area (TPSA) is 43.4 Å². The normalized spacial score (nSPS) is 18.2. The van der Waals surface area contributed by atoms with Crippen molar-refractivity contribution >= 4 is 12.3 Å². The van der Waals surface area contributed by atoms with E-state index >= 15 is 0 Å². The minimum atomic E-state index is -0.126. The maximum absolute atomic E-state index is 12.6. The molecule has 0 aliphatic heterocycles. The number of carbonyl (C=O) groups excluding carboxylic acids is 2. The zero-order valence-corrected chi connectivity index (χ0v) is 27.3. The summed E-state index contributed by atoms with van der Waals surface area (Å²) in [6.07, 6.45) is 35.9. The molecule has 0 N–H and O–H groups in total. The van der Waals surface area contributed by atoms with Gasteiger partial charge in [0.05, 0.1) is 0 Å². The van der Waals surface area contributed by atoms with Gasteiger partial charge in [0, 0.05) is 6.42 Å². The Hall–Kier alpha value is -2.42. The molecule has 1 unspecified atom stereocenters. The van der Waals surface area contributed by atoms with Crippen molar-refractivity contribution in [2.45, 2.75) is 150 Å². The third-order valence-electron chi connectivity index (χ3n) is 8.15. The van der Waals surface area contributed by atoms with E-state index in [-0.39, 0.29) is 17.5 Å². The Morgan fingerprint density at radius 1 is 0.854 bits per heavy atom. The fourth-order valence-electron chi connectivity index (χ4n) is 5.40. The fraction of sp³-hybridized carbons (Fsp3) is 0.632. The molecule has 0 heterocycles. The van der Waals surface area contributed by atoms with Crippen molar-refractivity contribution in [3.63, 3.8) is 0 Å². The number of rotatable bonds is 21. The Kier molecular flexibility index (Phi) is 19.8. The van der Waals surface area contributed by atoms with Gasteiger partial charge in [0.25, 0.3) is 0 Å². The third kappa shape index (κ3) is 17.2. The number of esters is 1. The highest BCUT2D eigenvalue weighted by Gasteiger charge is 2.33. The van der Waals surface area contributed by atoms with Crippen LogP contribution in [-0.2, 0) is 14.3 Å². The van der Waals surface area contributed by atoms with E-state index in [1.807, 2.05) is 25.2 Å². The van der Waals surface area contributed by atoms with Crippen LogP contribution in [0.2, 0.25) is 0 Å². The quantitative estimate of drug-likeness (QED) is 0.0348. The number of allylic oxidation sites excluding steroid dienone is 11. The number of aldehydes is 1. The number of hydrogen-bond acceptors (Lipinski definition) is 3. The summed E-state index contributed by atoms with van der Waals surface area (Å²) in [4.78, 5) is 23.2. The Balaban J connectivity index is 2.38. The molecule has 0 bridgehead atoms. The average Bonchev–Trinajstić information content (AvgIpc) is 2.92. The Labute approximate surface area is 253 Å². The highest BCUT2D eigenvalue weighted by molar-refractivity contribution is 5.70. The van der Waals surface area contributed by atoms with Crippen molar-refractivity contribution in [2.24, 2.45) is 5.41 Å². The minimum absolute atomic E-state index is 0.0479. The largest absolute Gasteiger partial charge is 0.458 e. The van der Waals surface area contributed by atoms with Gasteiger partial charge in [-0.05, 0) is 93.9 Å². The van der Waals surface area contributed by atoms with E-state index in [4.69, 9.17) is 4.74 Å². The van der Waals surface area contributed by atoms with E-state index < -0.39 is 0 Å². The number of carbonyl (C=O) groups is 2. The van der Waals surface area contributed by atoms with Crippen molar-refractivity contribution in [3.05, 3.63) is 70.9 Å². The second-order valence-corrected chi connectivity index (χ2v) is 12.5. The smallest absolute Gasteiger partial charge is 0.306 e. The van der Waals surface area contributed by atoms with E-state index in [9.17, 15) is 9.59 Å². The van der Waals surface area contributed by atoms with Crippen molar-refractivity contribution in [1.29, 1.82) is 0 Å². The predicted octanol–water partition coefficient (Wildman–Crippen LogP) is 11.3. The van der Waals surface area contributed by atoms with Gasteiger partial charge >= 0.3 is 5.97 Å². The molecule has 0 aromatic heterocycles. The van der Waals surface area contributed by atoms with Gasteiger partial charge < -0.3 is 4.74 Å². The van der Waals surface area contributed by atoms with Crippen LogP contribution in [0.1, 0.15) is 144 Å². The molecule has 0 aromatic rings. The summed E-state index contributed by atoms with van der Waals surface area (Å²) in [5, 5.41) is 0. The first-order valence-corrected chi connectivity index (χ1v) is 16.4. The molecule has 0 saturated carbocycles. The maximum atomic E-state index is 12.6. The standard InChI is InChI=1S/C38H60O3/c1-7-8-9-10-11-12-13-14-15-16-17-18-19-20-21-25-37(40)41-36-28-30-38(5,6)35(34(36)4)27-26-32(2)23-22-24-33(3)29-31-39/h14-15,22-24,26-27,29,31,36H,7-13,16-21,25,28,30H2,1-6H3. The molecule has 1 atom stereocenters. The van der Waals surface area contributed by atoms with Gasteiger partial charge in [-0.3, -0.25) is 9.59 Å². The molecule has 1 rings (SSSR count).